The van der Waals surface area contributed by atoms with Gasteiger partial charge in [-0.3, -0.25) is 0 Å². The van der Waals surface area contributed by atoms with Gasteiger partial charge < -0.3 is 15.0 Å². The predicted octanol–water partition coefficient (Wildman–Crippen LogP) is 3.20. The first-order valence-electron chi connectivity index (χ1n) is 6.69. The van der Waals surface area contributed by atoms with Crippen LogP contribution in [-0.4, -0.2) is 37.2 Å². The molecule has 0 bridgehead atoms. The van der Waals surface area contributed by atoms with Crippen molar-refractivity contribution in [1.82, 2.24) is 10.2 Å². The van der Waals surface area contributed by atoms with Crippen LogP contribution in [0.4, 0.5) is 4.79 Å². The van der Waals surface area contributed by atoms with Crippen molar-refractivity contribution < 1.29 is 9.53 Å². The van der Waals surface area contributed by atoms with Crippen molar-refractivity contribution in [3.8, 4) is 0 Å². The molecule has 2 aliphatic rings. The number of hydrogen-bond acceptors (Lipinski definition) is 3. The Labute approximate surface area is 140 Å². The third kappa shape index (κ3) is 3.95. The van der Waals surface area contributed by atoms with E-state index in [-0.39, 0.29) is 25.1 Å². The molecule has 1 N–H and O–H groups in total. The second kappa shape index (κ2) is 7.05. The molecule has 0 saturated carbocycles. The van der Waals surface area contributed by atoms with Crippen LogP contribution >= 0.6 is 35.6 Å². The van der Waals surface area contributed by atoms with Crippen LogP contribution in [0.15, 0.2) is 18.2 Å². The molecule has 2 saturated heterocycles. The summed E-state index contributed by atoms with van der Waals surface area (Å²) in [5, 5.41) is 4.44. The van der Waals surface area contributed by atoms with Crippen molar-refractivity contribution in [2.24, 2.45) is 11.8 Å². The minimum Gasteiger partial charge on any atom is -0.445 e. The minimum absolute atomic E-state index is 0. The molecule has 0 spiro atoms. The number of nitrogens with one attached hydrogen (secondary N) is 1. The zero-order valence-electron chi connectivity index (χ0n) is 11.4. The number of fused-ring (bicyclic) bond motifs is 1. The second-order valence-corrected chi connectivity index (χ2v) is 6.29. The Balaban J connectivity index is 0.00000161. The van der Waals surface area contributed by atoms with E-state index in [0.29, 0.717) is 21.9 Å². The van der Waals surface area contributed by atoms with Gasteiger partial charge in [0.2, 0.25) is 0 Å². The molecule has 2 fully saturated rings. The van der Waals surface area contributed by atoms with E-state index in [1.165, 1.54) is 0 Å². The standard InChI is InChI=1S/C14H16Cl2N2O2.ClH/c15-12-1-9(2-13(16)3-12)8-20-14(19)18-6-10-4-17-5-11(10)7-18;/h1-3,10-11,17H,4-8H2;1H. The Bertz CT molecular complexity index is 495. The Kier molecular flexibility index (Phi) is 5.60. The summed E-state index contributed by atoms with van der Waals surface area (Å²) < 4.78 is 5.34. The summed E-state index contributed by atoms with van der Waals surface area (Å²) in [6.45, 7) is 3.76. The number of benzene rings is 1. The number of carbonyl (C=O) groups excluding carboxylic acids is 1. The van der Waals surface area contributed by atoms with Gasteiger partial charge >= 0.3 is 6.09 Å². The first kappa shape index (κ1) is 16.7. The SMILES string of the molecule is Cl.O=C(OCc1cc(Cl)cc(Cl)c1)N1CC2CNCC2C1. The topological polar surface area (TPSA) is 41.6 Å². The molecular formula is C14H17Cl3N2O2. The lowest BCUT2D eigenvalue weighted by Crippen LogP contribution is -2.32. The molecule has 7 heteroatoms. The Morgan fingerprint density at radius 1 is 1.19 bits per heavy atom. The fraction of sp³-hybridized carbons (Fsp3) is 0.500. The number of ether oxygens (including phenoxy) is 1. The maximum Gasteiger partial charge on any atom is 0.410 e. The van der Waals surface area contributed by atoms with Crippen molar-refractivity contribution in [3.05, 3.63) is 33.8 Å². The second-order valence-electron chi connectivity index (χ2n) is 5.42. The Morgan fingerprint density at radius 2 is 1.76 bits per heavy atom. The molecule has 21 heavy (non-hydrogen) atoms. The summed E-state index contributed by atoms with van der Waals surface area (Å²) in [5.41, 5.74) is 0.803. The van der Waals surface area contributed by atoms with E-state index in [1.807, 2.05) is 0 Å². The number of rotatable bonds is 2. The van der Waals surface area contributed by atoms with Crippen LogP contribution in [0.3, 0.4) is 0 Å². The van der Waals surface area contributed by atoms with Crippen molar-refractivity contribution in [2.45, 2.75) is 6.61 Å². The van der Waals surface area contributed by atoms with Gasteiger partial charge in [0.05, 0.1) is 0 Å². The van der Waals surface area contributed by atoms with E-state index in [2.05, 4.69) is 5.32 Å². The van der Waals surface area contributed by atoms with Gasteiger partial charge in [-0.2, -0.15) is 0 Å². The lowest BCUT2D eigenvalue weighted by molar-refractivity contribution is 0.102. The van der Waals surface area contributed by atoms with Crippen LogP contribution in [0.25, 0.3) is 0 Å². The third-order valence-electron chi connectivity index (χ3n) is 3.93. The highest BCUT2D eigenvalue weighted by Gasteiger charge is 2.38. The number of likely N-dealkylation sites (tertiary alicyclic amines) is 1. The van der Waals surface area contributed by atoms with Crippen LogP contribution < -0.4 is 5.32 Å². The Morgan fingerprint density at radius 3 is 2.33 bits per heavy atom. The van der Waals surface area contributed by atoms with Crippen molar-refractivity contribution in [2.75, 3.05) is 26.2 Å². The Hall–Kier alpha value is -0.680. The highest BCUT2D eigenvalue weighted by molar-refractivity contribution is 6.34. The number of amides is 1. The number of nitrogens with zero attached hydrogens (tertiary/aromatic N) is 1. The smallest absolute Gasteiger partial charge is 0.410 e. The average Bonchev–Trinajstić information content (AvgIpc) is 2.95. The first-order chi connectivity index (χ1) is 9.61. The zero-order chi connectivity index (χ0) is 14.1. The highest BCUT2D eigenvalue weighted by Crippen LogP contribution is 2.27. The lowest BCUT2D eigenvalue weighted by atomic mass is 10.0. The van der Waals surface area contributed by atoms with Crippen molar-refractivity contribution >= 4 is 41.7 Å². The largest absolute Gasteiger partial charge is 0.445 e. The summed E-state index contributed by atoms with van der Waals surface area (Å²) in [6.07, 6.45) is -0.254. The fourth-order valence-electron chi connectivity index (χ4n) is 2.94. The lowest BCUT2D eigenvalue weighted by Gasteiger charge is -2.17. The molecule has 1 aromatic carbocycles. The number of carbonyl (C=O) groups is 1. The average molecular weight is 352 g/mol. The van der Waals surface area contributed by atoms with Gasteiger partial charge in [0.15, 0.2) is 0 Å². The molecule has 2 atom stereocenters. The molecule has 0 radical (unpaired) electrons. The van der Waals surface area contributed by atoms with E-state index in [0.717, 1.165) is 31.7 Å². The van der Waals surface area contributed by atoms with Gasteiger partial charge in [0.1, 0.15) is 6.61 Å². The maximum absolute atomic E-state index is 12.0. The van der Waals surface area contributed by atoms with Crippen LogP contribution in [0.1, 0.15) is 5.56 Å². The number of halogens is 3. The van der Waals surface area contributed by atoms with E-state index in [4.69, 9.17) is 27.9 Å². The molecule has 2 heterocycles. The van der Waals surface area contributed by atoms with Crippen LogP contribution in [0, 0.1) is 11.8 Å². The van der Waals surface area contributed by atoms with Crippen LogP contribution in [0.2, 0.25) is 10.0 Å². The van der Waals surface area contributed by atoms with Crippen molar-refractivity contribution in [3.63, 3.8) is 0 Å². The van der Waals surface area contributed by atoms with Crippen LogP contribution in [-0.2, 0) is 11.3 Å². The molecule has 0 aliphatic carbocycles. The highest BCUT2D eigenvalue weighted by atomic mass is 35.5. The molecule has 3 rings (SSSR count). The predicted molar refractivity (Wildman–Crippen MR) is 85.3 cm³/mol. The van der Waals surface area contributed by atoms with E-state index < -0.39 is 0 Å². The maximum atomic E-state index is 12.0. The normalized spacial score (nSPS) is 23.6. The van der Waals surface area contributed by atoms with E-state index in [9.17, 15) is 4.79 Å². The quantitative estimate of drug-likeness (QED) is 0.889. The van der Waals surface area contributed by atoms with E-state index in [1.54, 1.807) is 23.1 Å². The van der Waals surface area contributed by atoms with Gasteiger partial charge in [-0.15, -0.1) is 12.4 Å². The zero-order valence-corrected chi connectivity index (χ0v) is 13.7. The third-order valence-corrected chi connectivity index (χ3v) is 4.37. The molecule has 0 aromatic heterocycles. The molecule has 2 unspecified atom stereocenters. The van der Waals surface area contributed by atoms with Gasteiger partial charge in [-0.05, 0) is 35.6 Å². The van der Waals surface area contributed by atoms with Gasteiger partial charge in [-0.1, -0.05) is 23.2 Å². The summed E-state index contributed by atoms with van der Waals surface area (Å²) in [7, 11) is 0. The molecule has 1 aromatic rings. The summed E-state index contributed by atoms with van der Waals surface area (Å²) >= 11 is 11.8. The van der Waals surface area contributed by atoms with Gasteiger partial charge in [0, 0.05) is 36.2 Å². The van der Waals surface area contributed by atoms with Gasteiger partial charge in [0.25, 0.3) is 0 Å². The molecule has 116 valence electrons. The summed E-state index contributed by atoms with van der Waals surface area (Å²) in [5.74, 6) is 1.14. The van der Waals surface area contributed by atoms with Crippen LogP contribution in [0.5, 0.6) is 0 Å². The molecule has 4 nitrogen and oxygen atoms in total. The summed E-state index contributed by atoms with van der Waals surface area (Å²) in [4.78, 5) is 13.8. The number of hydrogen-bond donors (Lipinski definition) is 1. The van der Waals surface area contributed by atoms with Crippen molar-refractivity contribution in [1.29, 1.82) is 0 Å². The first-order valence-corrected chi connectivity index (χ1v) is 7.45. The molecule has 1 amide bonds. The molecular weight excluding hydrogens is 335 g/mol. The fourth-order valence-corrected chi connectivity index (χ4v) is 3.51. The molecule has 2 aliphatic heterocycles. The summed E-state index contributed by atoms with van der Waals surface area (Å²) in [6, 6.07) is 5.16. The minimum atomic E-state index is -0.254. The van der Waals surface area contributed by atoms with Gasteiger partial charge in [-0.25, -0.2) is 4.79 Å². The monoisotopic (exact) mass is 350 g/mol. The van der Waals surface area contributed by atoms with E-state index >= 15 is 0 Å².